The number of nitrogens with zero attached hydrogens (tertiary/aromatic N) is 2. The fourth-order valence-corrected chi connectivity index (χ4v) is 2.54. The number of H-pyrrole nitrogens is 1. The summed E-state index contributed by atoms with van der Waals surface area (Å²) in [6, 6.07) is 17.8. The summed E-state index contributed by atoms with van der Waals surface area (Å²) < 4.78 is 9.34. The zero-order chi connectivity index (χ0) is 15.4. The van der Waals surface area contributed by atoms with Crippen molar-refractivity contribution in [1.29, 1.82) is 0 Å². The Morgan fingerprint density at radius 2 is 1.82 bits per heavy atom. The second kappa shape index (κ2) is 6.89. The van der Waals surface area contributed by atoms with Crippen molar-refractivity contribution in [3.8, 4) is 5.75 Å². The highest BCUT2D eigenvalue weighted by Gasteiger charge is 2.08. The summed E-state index contributed by atoms with van der Waals surface area (Å²) in [5.74, 6) is 1.59. The fourth-order valence-electron chi connectivity index (χ4n) is 2.06. The molecule has 2 aromatic carbocycles. The molecular formula is C16H14BrN3OS. The molecule has 0 saturated carbocycles. The van der Waals surface area contributed by atoms with Crippen molar-refractivity contribution in [2.75, 3.05) is 0 Å². The number of benzene rings is 2. The molecule has 0 atom stereocenters. The van der Waals surface area contributed by atoms with Crippen molar-refractivity contribution in [3.63, 3.8) is 0 Å². The third kappa shape index (κ3) is 3.64. The van der Waals surface area contributed by atoms with Gasteiger partial charge in [-0.25, -0.2) is 0 Å². The van der Waals surface area contributed by atoms with Crippen molar-refractivity contribution in [2.24, 2.45) is 0 Å². The standard InChI is InChI=1S/C16H14BrN3OS/c17-13-8-6-12(7-9-13)10-20-15(18-19-16(20)22)11-21-14-4-2-1-3-5-14/h1-9H,10-11H2,(H,19,22). The van der Waals surface area contributed by atoms with Crippen LogP contribution in [0.15, 0.2) is 59.1 Å². The molecule has 3 rings (SSSR count). The summed E-state index contributed by atoms with van der Waals surface area (Å²) in [5.41, 5.74) is 1.15. The van der Waals surface area contributed by atoms with E-state index in [-0.39, 0.29) is 0 Å². The number of aromatic nitrogens is 3. The molecule has 112 valence electrons. The number of hydrogen-bond donors (Lipinski definition) is 1. The van der Waals surface area contributed by atoms with E-state index in [0.29, 0.717) is 17.9 Å². The molecule has 0 fully saturated rings. The molecule has 22 heavy (non-hydrogen) atoms. The van der Waals surface area contributed by atoms with E-state index in [1.54, 1.807) is 0 Å². The van der Waals surface area contributed by atoms with Gasteiger partial charge < -0.3 is 4.74 Å². The van der Waals surface area contributed by atoms with Gasteiger partial charge in [0, 0.05) is 4.47 Å². The summed E-state index contributed by atoms with van der Waals surface area (Å²) in [4.78, 5) is 0. The van der Waals surface area contributed by atoms with Crippen LogP contribution in [0.1, 0.15) is 11.4 Å². The van der Waals surface area contributed by atoms with Crippen LogP contribution in [0.25, 0.3) is 0 Å². The minimum Gasteiger partial charge on any atom is -0.486 e. The van der Waals surface area contributed by atoms with Crippen LogP contribution in [0.5, 0.6) is 5.75 Å². The third-order valence-corrected chi connectivity index (χ3v) is 4.04. The molecule has 3 aromatic rings. The lowest BCUT2D eigenvalue weighted by atomic mass is 10.2. The molecule has 6 heteroatoms. The number of ether oxygens (including phenoxy) is 1. The van der Waals surface area contributed by atoms with Crippen LogP contribution in [0.2, 0.25) is 0 Å². The molecular weight excluding hydrogens is 362 g/mol. The number of para-hydroxylation sites is 1. The minimum atomic E-state index is 0.369. The Bertz CT molecular complexity index is 796. The molecule has 0 aliphatic heterocycles. The lowest BCUT2D eigenvalue weighted by Gasteiger charge is -2.09. The summed E-state index contributed by atoms with van der Waals surface area (Å²) in [5, 5.41) is 7.09. The SMILES string of the molecule is S=c1[nH]nc(COc2ccccc2)n1Cc1ccc(Br)cc1. The molecule has 4 nitrogen and oxygen atoms in total. The van der Waals surface area contributed by atoms with Gasteiger partial charge in [-0.3, -0.25) is 9.67 Å². The normalized spacial score (nSPS) is 10.6. The Morgan fingerprint density at radius 3 is 2.55 bits per heavy atom. The van der Waals surface area contributed by atoms with E-state index < -0.39 is 0 Å². The van der Waals surface area contributed by atoms with Gasteiger partial charge in [-0.15, -0.1) is 0 Å². The minimum absolute atomic E-state index is 0.369. The van der Waals surface area contributed by atoms with Gasteiger partial charge in [-0.05, 0) is 42.0 Å². The number of nitrogens with one attached hydrogen (secondary N) is 1. The second-order valence-corrected chi connectivity index (χ2v) is 6.06. The zero-order valence-electron chi connectivity index (χ0n) is 11.7. The van der Waals surface area contributed by atoms with Gasteiger partial charge in [0.05, 0.1) is 6.54 Å². The first-order valence-electron chi connectivity index (χ1n) is 6.79. The summed E-state index contributed by atoms with van der Waals surface area (Å²) in [7, 11) is 0. The predicted octanol–water partition coefficient (Wildman–Crippen LogP) is 4.33. The van der Waals surface area contributed by atoms with Crippen LogP contribution in [0.4, 0.5) is 0 Å². The first kappa shape index (κ1) is 15.0. The molecule has 0 radical (unpaired) electrons. The number of rotatable bonds is 5. The molecule has 0 saturated heterocycles. The highest BCUT2D eigenvalue weighted by molar-refractivity contribution is 9.10. The fraction of sp³-hybridized carbons (Fsp3) is 0.125. The van der Waals surface area contributed by atoms with Crippen LogP contribution in [0, 0.1) is 4.77 Å². The predicted molar refractivity (Wildman–Crippen MR) is 91.4 cm³/mol. The molecule has 0 unspecified atom stereocenters. The Kier molecular flexibility index (Phi) is 4.70. The summed E-state index contributed by atoms with van der Waals surface area (Å²) >= 11 is 8.75. The highest BCUT2D eigenvalue weighted by Crippen LogP contribution is 2.14. The molecule has 0 spiro atoms. The lowest BCUT2D eigenvalue weighted by Crippen LogP contribution is -2.08. The maximum atomic E-state index is 5.75. The van der Waals surface area contributed by atoms with Crippen molar-refractivity contribution >= 4 is 28.1 Å². The second-order valence-electron chi connectivity index (χ2n) is 4.76. The number of aromatic amines is 1. The Balaban J connectivity index is 1.76. The number of hydrogen-bond acceptors (Lipinski definition) is 3. The van der Waals surface area contributed by atoms with Crippen molar-refractivity contribution in [1.82, 2.24) is 14.8 Å². The van der Waals surface area contributed by atoms with Gasteiger partial charge in [0.1, 0.15) is 12.4 Å². The van der Waals surface area contributed by atoms with Gasteiger partial charge >= 0.3 is 0 Å². The maximum Gasteiger partial charge on any atom is 0.195 e. The van der Waals surface area contributed by atoms with Crippen LogP contribution in [0.3, 0.4) is 0 Å². The number of halogens is 1. The van der Waals surface area contributed by atoms with Crippen LogP contribution in [-0.4, -0.2) is 14.8 Å². The molecule has 0 bridgehead atoms. The van der Waals surface area contributed by atoms with E-state index in [0.717, 1.165) is 21.6 Å². The Morgan fingerprint density at radius 1 is 1.09 bits per heavy atom. The smallest absolute Gasteiger partial charge is 0.195 e. The van der Waals surface area contributed by atoms with Crippen molar-refractivity contribution < 1.29 is 4.74 Å². The van der Waals surface area contributed by atoms with E-state index in [2.05, 4.69) is 38.3 Å². The molecule has 1 N–H and O–H groups in total. The lowest BCUT2D eigenvalue weighted by molar-refractivity contribution is 0.290. The Hall–Kier alpha value is -1.92. The van der Waals surface area contributed by atoms with Crippen LogP contribution >= 0.6 is 28.1 Å². The van der Waals surface area contributed by atoms with Crippen molar-refractivity contribution in [3.05, 3.63) is 75.2 Å². The molecule has 0 amide bonds. The summed E-state index contributed by atoms with van der Waals surface area (Å²) in [6.07, 6.45) is 0. The quantitative estimate of drug-likeness (QED) is 0.674. The van der Waals surface area contributed by atoms with E-state index >= 15 is 0 Å². The van der Waals surface area contributed by atoms with E-state index in [9.17, 15) is 0 Å². The first-order valence-corrected chi connectivity index (χ1v) is 7.99. The molecule has 0 aliphatic rings. The third-order valence-electron chi connectivity index (χ3n) is 3.20. The van der Waals surface area contributed by atoms with Gasteiger partial charge in [-0.2, -0.15) is 5.10 Å². The highest BCUT2D eigenvalue weighted by atomic mass is 79.9. The maximum absolute atomic E-state index is 5.75. The van der Waals surface area contributed by atoms with Gasteiger partial charge in [-0.1, -0.05) is 46.3 Å². The van der Waals surface area contributed by atoms with E-state index in [4.69, 9.17) is 17.0 Å². The summed E-state index contributed by atoms with van der Waals surface area (Å²) in [6.45, 7) is 1.03. The van der Waals surface area contributed by atoms with E-state index in [1.165, 1.54) is 0 Å². The van der Waals surface area contributed by atoms with Crippen LogP contribution in [-0.2, 0) is 13.2 Å². The Labute approximate surface area is 141 Å². The average molecular weight is 376 g/mol. The molecule has 0 aliphatic carbocycles. The van der Waals surface area contributed by atoms with Gasteiger partial charge in [0.25, 0.3) is 0 Å². The zero-order valence-corrected chi connectivity index (χ0v) is 14.1. The largest absolute Gasteiger partial charge is 0.486 e. The molecule has 1 aromatic heterocycles. The van der Waals surface area contributed by atoms with Gasteiger partial charge in [0.15, 0.2) is 10.6 Å². The average Bonchev–Trinajstić information content (AvgIpc) is 2.89. The van der Waals surface area contributed by atoms with E-state index in [1.807, 2.05) is 47.0 Å². The van der Waals surface area contributed by atoms with Gasteiger partial charge in [0.2, 0.25) is 0 Å². The molecule has 1 heterocycles. The first-order chi connectivity index (χ1) is 10.7. The topological polar surface area (TPSA) is 42.8 Å². The van der Waals surface area contributed by atoms with Crippen molar-refractivity contribution in [2.45, 2.75) is 13.2 Å². The monoisotopic (exact) mass is 375 g/mol. The van der Waals surface area contributed by atoms with Crippen LogP contribution < -0.4 is 4.74 Å².